The predicted octanol–water partition coefficient (Wildman–Crippen LogP) is 3.02. The van der Waals surface area contributed by atoms with E-state index >= 15 is 0 Å². The number of piperazine rings is 1. The normalized spacial score (nSPS) is 17.3. The number of nitrogens with zero attached hydrogens (tertiary/aromatic N) is 7. The molecular formula is C27H37ClN8O. The molecule has 0 spiro atoms. The van der Waals surface area contributed by atoms with Crippen molar-refractivity contribution in [3.63, 3.8) is 0 Å². The van der Waals surface area contributed by atoms with E-state index in [1.54, 1.807) is 6.07 Å². The first-order valence-electron chi connectivity index (χ1n) is 13.2. The number of rotatable bonds is 10. The quantitative estimate of drug-likeness (QED) is 0.474. The molecule has 10 heteroatoms. The minimum atomic E-state index is -0.279. The van der Waals surface area contributed by atoms with E-state index in [2.05, 4.69) is 36.2 Å². The molecule has 0 aliphatic carbocycles. The zero-order chi connectivity index (χ0) is 26.2. The lowest BCUT2D eigenvalue weighted by atomic mass is 10.1. The number of aromatic nitrogens is 2. The Kier molecular flexibility index (Phi) is 9.83. The number of likely N-dealkylation sites (tertiary alicyclic amines) is 1. The Labute approximate surface area is 225 Å². The highest BCUT2D eigenvalue weighted by molar-refractivity contribution is 6.33. The molecule has 0 unspecified atom stereocenters. The van der Waals surface area contributed by atoms with Crippen molar-refractivity contribution in [2.75, 3.05) is 63.9 Å². The Bertz CT molecular complexity index is 1090. The van der Waals surface area contributed by atoms with Crippen molar-refractivity contribution in [3.8, 4) is 6.07 Å². The highest BCUT2D eigenvalue weighted by Gasteiger charge is 2.24. The van der Waals surface area contributed by atoms with Crippen molar-refractivity contribution >= 4 is 23.3 Å². The van der Waals surface area contributed by atoms with Crippen molar-refractivity contribution in [3.05, 3.63) is 52.4 Å². The van der Waals surface area contributed by atoms with Gasteiger partial charge >= 0.3 is 0 Å². The van der Waals surface area contributed by atoms with Gasteiger partial charge in [0.05, 0.1) is 6.20 Å². The molecule has 2 aliphatic rings. The number of nitrogens with one attached hydrogen (secondary N) is 1. The molecule has 2 fully saturated rings. The number of hydrogen-bond acceptors (Lipinski definition) is 8. The maximum atomic E-state index is 13.6. The number of carbonyl (C=O) groups is 1. The van der Waals surface area contributed by atoms with Gasteiger partial charge in [0.2, 0.25) is 5.82 Å². The van der Waals surface area contributed by atoms with Crippen LogP contribution in [0.25, 0.3) is 0 Å². The molecule has 198 valence electrons. The van der Waals surface area contributed by atoms with Gasteiger partial charge in [0.25, 0.3) is 5.91 Å². The van der Waals surface area contributed by atoms with Crippen molar-refractivity contribution in [1.29, 1.82) is 5.26 Å². The van der Waals surface area contributed by atoms with Crippen LogP contribution in [0.5, 0.6) is 0 Å². The Hall–Kier alpha value is -2.61. The lowest BCUT2D eigenvalue weighted by molar-refractivity contribution is 0.0971. The van der Waals surface area contributed by atoms with Crippen LogP contribution < -0.4 is 10.4 Å². The minimum absolute atomic E-state index is 0.0446. The number of anilines is 1. The Morgan fingerprint density at radius 2 is 1.78 bits per heavy atom. The molecule has 0 saturated carbocycles. The van der Waals surface area contributed by atoms with Gasteiger partial charge in [0, 0.05) is 57.9 Å². The molecule has 2 aliphatic heterocycles. The topological polar surface area (TPSA) is 91.6 Å². The molecule has 1 amide bonds. The summed E-state index contributed by atoms with van der Waals surface area (Å²) in [6.07, 6.45) is 4.03. The van der Waals surface area contributed by atoms with Crippen LogP contribution >= 0.6 is 11.6 Å². The van der Waals surface area contributed by atoms with Crippen molar-refractivity contribution in [2.45, 2.75) is 33.2 Å². The second-order valence-corrected chi connectivity index (χ2v) is 10.6. The number of hydrazine groups is 1. The summed E-state index contributed by atoms with van der Waals surface area (Å²) in [6, 6.07) is 9.63. The molecule has 2 saturated heterocycles. The Balaban J connectivity index is 1.40. The first-order chi connectivity index (χ1) is 17.9. The lowest BCUT2D eigenvalue weighted by Gasteiger charge is -2.35. The molecule has 1 N–H and O–H groups in total. The molecule has 4 rings (SSSR count). The Morgan fingerprint density at radius 1 is 1.11 bits per heavy atom. The van der Waals surface area contributed by atoms with E-state index in [0.717, 1.165) is 44.8 Å². The van der Waals surface area contributed by atoms with Crippen LogP contribution in [0.15, 0.2) is 30.5 Å². The molecule has 1 aromatic heterocycles. The van der Waals surface area contributed by atoms with E-state index in [-0.39, 0.29) is 28.5 Å². The van der Waals surface area contributed by atoms with Crippen LogP contribution in [-0.4, -0.2) is 89.5 Å². The second kappa shape index (κ2) is 13.3. The fraction of sp³-hybridized carbons (Fsp3) is 0.556. The predicted molar refractivity (Wildman–Crippen MR) is 145 cm³/mol. The van der Waals surface area contributed by atoms with E-state index < -0.39 is 0 Å². The van der Waals surface area contributed by atoms with Crippen LogP contribution in [-0.2, 0) is 6.54 Å². The summed E-state index contributed by atoms with van der Waals surface area (Å²) in [7, 11) is 0. The standard InChI is InChI=1S/C27H37ClN8O/c1-21(2)18-31-36(26-24(28)19-30-25(17-29)32-26)27(37)23-7-5-6-22(16-23)20-35-14-12-34(13-15-35)11-10-33-8-3-4-9-33/h5-7,16,19,21,31H,3-4,8-15,18,20H2,1-2H3. The molecule has 0 atom stereocenters. The summed E-state index contributed by atoms with van der Waals surface area (Å²) in [6.45, 7) is 14.5. The number of hydrogen-bond donors (Lipinski definition) is 1. The van der Waals surface area contributed by atoms with E-state index in [1.807, 2.05) is 32.0 Å². The van der Waals surface area contributed by atoms with Crippen molar-refractivity contribution < 1.29 is 4.79 Å². The molecule has 37 heavy (non-hydrogen) atoms. The molecule has 1 aromatic carbocycles. The van der Waals surface area contributed by atoms with Gasteiger partial charge in [0.15, 0.2) is 5.82 Å². The largest absolute Gasteiger partial charge is 0.302 e. The first kappa shape index (κ1) is 27.4. The summed E-state index contributed by atoms with van der Waals surface area (Å²) < 4.78 is 0. The number of amides is 1. The van der Waals surface area contributed by atoms with Gasteiger partial charge in [-0.15, -0.1) is 0 Å². The summed E-state index contributed by atoms with van der Waals surface area (Å²) in [5.41, 5.74) is 4.77. The summed E-state index contributed by atoms with van der Waals surface area (Å²) >= 11 is 6.34. The second-order valence-electron chi connectivity index (χ2n) is 10.2. The average molecular weight is 525 g/mol. The third-order valence-corrected chi connectivity index (χ3v) is 7.14. The number of nitriles is 1. The highest BCUT2D eigenvalue weighted by atomic mass is 35.5. The molecule has 2 aromatic rings. The number of carbonyl (C=O) groups excluding carboxylic acids is 1. The molecule has 0 bridgehead atoms. The van der Waals surface area contributed by atoms with Gasteiger partial charge < -0.3 is 4.90 Å². The van der Waals surface area contributed by atoms with E-state index in [9.17, 15) is 10.1 Å². The third kappa shape index (κ3) is 7.69. The summed E-state index contributed by atoms with van der Waals surface area (Å²) in [5, 5.41) is 10.8. The maximum Gasteiger partial charge on any atom is 0.274 e. The third-order valence-electron chi connectivity index (χ3n) is 6.87. The van der Waals surface area contributed by atoms with Gasteiger partial charge in [0.1, 0.15) is 11.1 Å². The average Bonchev–Trinajstić information content (AvgIpc) is 3.43. The number of benzene rings is 1. The fourth-order valence-corrected chi connectivity index (χ4v) is 4.91. The zero-order valence-corrected chi connectivity index (χ0v) is 22.6. The van der Waals surface area contributed by atoms with Crippen molar-refractivity contribution in [2.24, 2.45) is 5.92 Å². The van der Waals surface area contributed by atoms with Gasteiger partial charge in [-0.3, -0.25) is 14.6 Å². The molecular weight excluding hydrogens is 488 g/mol. The van der Waals surface area contributed by atoms with Gasteiger partial charge in [-0.05, 0) is 49.5 Å². The maximum absolute atomic E-state index is 13.6. The van der Waals surface area contributed by atoms with Crippen LogP contribution in [0.2, 0.25) is 5.02 Å². The van der Waals surface area contributed by atoms with E-state index in [1.165, 1.54) is 43.7 Å². The van der Waals surface area contributed by atoms with E-state index in [4.69, 9.17) is 11.6 Å². The van der Waals surface area contributed by atoms with Crippen LogP contribution in [0.4, 0.5) is 5.82 Å². The van der Waals surface area contributed by atoms with Gasteiger partial charge in [-0.2, -0.15) is 10.2 Å². The zero-order valence-electron chi connectivity index (χ0n) is 21.9. The molecule has 9 nitrogen and oxygen atoms in total. The SMILES string of the molecule is CC(C)CNN(C(=O)c1cccc(CN2CCN(CCN3CCCC3)CC2)c1)c1nc(C#N)ncc1Cl. The van der Waals surface area contributed by atoms with Gasteiger partial charge in [-0.1, -0.05) is 37.6 Å². The Morgan fingerprint density at radius 3 is 2.46 bits per heavy atom. The fourth-order valence-electron chi connectivity index (χ4n) is 4.74. The summed E-state index contributed by atoms with van der Waals surface area (Å²) in [5.74, 6) is 0.136. The monoisotopic (exact) mass is 524 g/mol. The van der Waals surface area contributed by atoms with E-state index in [0.29, 0.717) is 12.1 Å². The molecule has 0 radical (unpaired) electrons. The van der Waals surface area contributed by atoms with Crippen LogP contribution in [0.1, 0.15) is 48.4 Å². The highest BCUT2D eigenvalue weighted by Crippen LogP contribution is 2.23. The van der Waals surface area contributed by atoms with Gasteiger partial charge in [-0.25, -0.2) is 15.4 Å². The number of halogens is 1. The summed E-state index contributed by atoms with van der Waals surface area (Å²) in [4.78, 5) is 29.3. The van der Waals surface area contributed by atoms with Crippen LogP contribution in [0.3, 0.4) is 0 Å². The van der Waals surface area contributed by atoms with Crippen molar-refractivity contribution in [1.82, 2.24) is 30.1 Å². The smallest absolute Gasteiger partial charge is 0.274 e. The van der Waals surface area contributed by atoms with Crippen LogP contribution in [0, 0.1) is 17.2 Å². The first-order valence-corrected chi connectivity index (χ1v) is 13.6. The molecule has 3 heterocycles. The lowest BCUT2D eigenvalue weighted by Crippen LogP contribution is -2.48. The minimum Gasteiger partial charge on any atom is -0.302 e.